The number of piperazine rings is 1. The third kappa shape index (κ3) is 3.33. The smallest absolute Gasteiger partial charge is 0.107 e. The van der Waals surface area contributed by atoms with Crippen LogP contribution in [0.4, 0.5) is 0 Å². The molecule has 1 aromatic heterocycles. The summed E-state index contributed by atoms with van der Waals surface area (Å²) in [5, 5.41) is 7.32. The van der Waals surface area contributed by atoms with Crippen molar-refractivity contribution >= 4 is 11.3 Å². The van der Waals surface area contributed by atoms with E-state index >= 15 is 0 Å². The Bertz CT molecular complexity index is 447. The average molecular weight is 310 g/mol. The minimum atomic E-state index is 0.278. The van der Waals surface area contributed by atoms with Gasteiger partial charge in [0.25, 0.3) is 0 Å². The third-order valence-corrected chi connectivity index (χ3v) is 6.57. The molecule has 1 aromatic rings. The maximum absolute atomic E-state index is 4.69. The van der Waals surface area contributed by atoms with Crippen molar-refractivity contribution in [3.63, 3.8) is 0 Å². The van der Waals surface area contributed by atoms with Crippen molar-refractivity contribution in [2.75, 3.05) is 13.1 Å². The van der Waals surface area contributed by atoms with Crippen LogP contribution in [0.5, 0.6) is 0 Å². The molecule has 1 aliphatic rings. The molecule has 2 rings (SSSR count). The Balaban J connectivity index is 2.24. The number of thiazole rings is 1. The summed E-state index contributed by atoms with van der Waals surface area (Å²) in [7, 11) is 0. The zero-order chi connectivity index (χ0) is 15.5. The summed E-state index contributed by atoms with van der Waals surface area (Å²) in [4.78, 5) is 7.41. The van der Waals surface area contributed by atoms with Gasteiger partial charge in [-0.25, -0.2) is 4.98 Å². The fourth-order valence-corrected chi connectivity index (χ4v) is 4.37. The van der Waals surface area contributed by atoms with Gasteiger partial charge in [0.05, 0.1) is 6.54 Å². The lowest BCUT2D eigenvalue weighted by Gasteiger charge is -2.54. The molecular weight excluding hydrogens is 278 g/mol. The number of rotatable bonds is 6. The normalized spacial score (nSPS) is 21.6. The molecule has 0 aliphatic carbocycles. The van der Waals surface area contributed by atoms with Gasteiger partial charge in [-0.3, -0.25) is 4.90 Å². The number of aryl methyl sites for hydroxylation is 1. The van der Waals surface area contributed by atoms with Gasteiger partial charge in [-0.05, 0) is 32.6 Å². The van der Waals surface area contributed by atoms with Gasteiger partial charge in [0.1, 0.15) is 5.01 Å². The van der Waals surface area contributed by atoms with Crippen LogP contribution in [0.25, 0.3) is 0 Å². The van der Waals surface area contributed by atoms with Crippen molar-refractivity contribution < 1.29 is 0 Å². The molecule has 0 saturated carbocycles. The Morgan fingerprint density at radius 2 is 1.86 bits per heavy atom. The third-order valence-electron chi connectivity index (χ3n) is 5.62. The maximum Gasteiger partial charge on any atom is 0.107 e. The van der Waals surface area contributed by atoms with Crippen LogP contribution in [-0.4, -0.2) is 34.1 Å². The van der Waals surface area contributed by atoms with Gasteiger partial charge in [0.2, 0.25) is 0 Å². The predicted molar refractivity (Wildman–Crippen MR) is 91.9 cm³/mol. The van der Waals surface area contributed by atoms with E-state index in [-0.39, 0.29) is 11.1 Å². The van der Waals surface area contributed by atoms with Crippen LogP contribution < -0.4 is 5.32 Å². The Morgan fingerprint density at radius 3 is 2.33 bits per heavy atom. The molecule has 0 atom stereocenters. The highest BCUT2D eigenvalue weighted by Crippen LogP contribution is 2.34. The van der Waals surface area contributed by atoms with Gasteiger partial charge in [-0.15, -0.1) is 11.3 Å². The second-order valence-electron chi connectivity index (χ2n) is 6.51. The minimum absolute atomic E-state index is 0.278. The Morgan fingerprint density at radius 1 is 1.19 bits per heavy atom. The summed E-state index contributed by atoms with van der Waals surface area (Å²) in [6, 6.07) is 0. The highest BCUT2D eigenvalue weighted by molar-refractivity contribution is 7.09. The quantitative estimate of drug-likeness (QED) is 0.861. The average Bonchev–Trinajstić information content (AvgIpc) is 2.92. The molecule has 1 fully saturated rings. The van der Waals surface area contributed by atoms with Crippen LogP contribution in [0.3, 0.4) is 0 Å². The first-order valence-electron chi connectivity index (χ1n) is 8.44. The molecule has 1 saturated heterocycles. The molecule has 3 nitrogen and oxygen atoms in total. The van der Waals surface area contributed by atoms with E-state index in [0.29, 0.717) is 0 Å². The monoisotopic (exact) mass is 309 g/mol. The van der Waals surface area contributed by atoms with E-state index in [0.717, 1.165) is 25.3 Å². The number of hydrogen-bond donors (Lipinski definition) is 1. The fraction of sp³-hybridized carbons (Fsp3) is 0.824. The van der Waals surface area contributed by atoms with Crippen molar-refractivity contribution in [3.8, 4) is 0 Å². The summed E-state index contributed by atoms with van der Waals surface area (Å²) in [6.07, 6.45) is 4.79. The second kappa shape index (κ2) is 6.76. The summed E-state index contributed by atoms with van der Waals surface area (Å²) < 4.78 is 0. The highest BCUT2D eigenvalue weighted by atomic mass is 32.1. The first-order valence-corrected chi connectivity index (χ1v) is 9.32. The Kier molecular flexibility index (Phi) is 5.44. The highest BCUT2D eigenvalue weighted by Gasteiger charge is 2.44. The lowest BCUT2D eigenvalue weighted by atomic mass is 9.80. The van der Waals surface area contributed by atoms with E-state index < -0.39 is 0 Å². The van der Waals surface area contributed by atoms with Gasteiger partial charge in [0, 0.05) is 35.2 Å². The summed E-state index contributed by atoms with van der Waals surface area (Å²) in [5.41, 5.74) is 1.72. The Hall–Kier alpha value is -0.450. The largest absolute Gasteiger partial charge is 0.308 e. The van der Waals surface area contributed by atoms with Crippen LogP contribution in [-0.2, 0) is 6.54 Å². The topological polar surface area (TPSA) is 28.2 Å². The van der Waals surface area contributed by atoms with Crippen LogP contribution >= 0.6 is 11.3 Å². The Labute approximate surface area is 134 Å². The minimum Gasteiger partial charge on any atom is -0.308 e. The second-order valence-corrected chi connectivity index (χ2v) is 7.45. The first kappa shape index (κ1) is 16.9. The van der Waals surface area contributed by atoms with Gasteiger partial charge >= 0.3 is 0 Å². The molecule has 0 amide bonds. The molecule has 1 N–H and O–H groups in total. The van der Waals surface area contributed by atoms with E-state index in [1.165, 1.54) is 30.7 Å². The fourth-order valence-electron chi connectivity index (χ4n) is 3.59. The van der Waals surface area contributed by atoms with Crippen LogP contribution in [0.2, 0.25) is 0 Å². The van der Waals surface area contributed by atoms with Gasteiger partial charge < -0.3 is 5.32 Å². The van der Waals surface area contributed by atoms with E-state index in [4.69, 9.17) is 4.98 Å². The van der Waals surface area contributed by atoms with Crippen molar-refractivity contribution in [1.82, 2.24) is 15.2 Å². The maximum atomic E-state index is 4.69. The van der Waals surface area contributed by atoms with Crippen molar-refractivity contribution in [1.29, 1.82) is 0 Å². The van der Waals surface area contributed by atoms with Gasteiger partial charge in [0.15, 0.2) is 0 Å². The molecule has 0 spiro atoms. The van der Waals surface area contributed by atoms with Crippen LogP contribution in [0.1, 0.15) is 64.1 Å². The lowest BCUT2D eigenvalue weighted by Crippen LogP contribution is -2.69. The SMILES string of the molecule is CCC1(CC)CN(Cc2nc(C)cs2)C(CC)(CC)CN1. The summed E-state index contributed by atoms with van der Waals surface area (Å²) in [5.74, 6) is 0. The van der Waals surface area contributed by atoms with Crippen molar-refractivity contribution in [3.05, 3.63) is 16.1 Å². The molecule has 0 radical (unpaired) electrons. The molecule has 0 bridgehead atoms. The molecular formula is C17H31N3S. The number of nitrogens with zero attached hydrogens (tertiary/aromatic N) is 2. The molecule has 4 heteroatoms. The number of hydrogen-bond acceptors (Lipinski definition) is 4. The lowest BCUT2D eigenvalue weighted by molar-refractivity contribution is -0.0111. The summed E-state index contributed by atoms with van der Waals surface area (Å²) >= 11 is 1.81. The number of aromatic nitrogens is 1. The molecule has 21 heavy (non-hydrogen) atoms. The zero-order valence-corrected chi connectivity index (χ0v) is 15.1. The standard InChI is InChI=1S/C17H31N3S/c1-6-16(7-2)13-20(10-15-19-14(5)11-21-15)17(8-3,9-4)12-18-16/h11,18H,6-10,12-13H2,1-5H3. The van der Waals surface area contributed by atoms with Gasteiger partial charge in [-0.2, -0.15) is 0 Å². The van der Waals surface area contributed by atoms with E-state index in [1.54, 1.807) is 0 Å². The molecule has 1 aliphatic heterocycles. The zero-order valence-electron chi connectivity index (χ0n) is 14.3. The van der Waals surface area contributed by atoms with E-state index in [1.807, 2.05) is 11.3 Å². The van der Waals surface area contributed by atoms with Crippen molar-refractivity contribution in [2.24, 2.45) is 0 Å². The molecule has 120 valence electrons. The van der Waals surface area contributed by atoms with Gasteiger partial charge in [-0.1, -0.05) is 27.7 Å². The van der Waals surface area contributed by atoms with Crippen LogP contribution in [0.15, 0.2) is 5.38 Å². The predicted octanol–water partition coefficient (Wildman–Crippen LogP) is 3.97. The summed E-state index contributed by atoms with van der Waals surface area (Å²) in [6.45, 7) is 14.6. The van der Waals surface area contributed by atoms with E-state index in [2.05, 4.69) is 50.2 Å². The van der Waals surface area contributed by atoms with E-state index in [9.17, 15) is 0 Å². The number of nitrogens with one attached hydrogen (secondary N) is 1. The molecule has 0 aromatic carbocycles. The van der Waals surface area contributed by atoms with Crippen LogP contribution in [0, 0.1) is 6.92 Å². The molecule has 0 unspecified atom stereocenters. The molecule has 2 heterocycles. The first-order chi connectivity index (χ1) is 10.0. The van der Waals surface area contributed by atoms with Crippen molar-refractivity contribution in [2.45, 2.75) is 77.9 Å².